The minimum absolute atomic E-state index is 0.437. The number of rotatable bonds is 0. The van der Waals surface area contributed by atoms with Gasteiger partial charge in [-0.3, -0.25) is 0 Å². The molecule has 4 heteroatoms. The highest BCUT2D eigenvalue weighted by molar-refractivity contribution is 6.34. The van der Waals surface area contributed by atoms with Gasteiger partial charge in [0.25, 0.3) is 0 Å². The van der Waals surface area contributed by atoms with Crippen LogP contribution in [0.25, 0.3) is 11.1 Å². The van der Waals surface area contributed by atoms with Crippen LogP contribution in [0.5, 0.6) is 0 Å². The molecule has 0 saturated heterocycles. The first-order chi connectivity index (χ1) is 7.77. The van der Waals surface area contributed by atoms with Crippen LogP contribution in [0.15, 0.2) is 24.3 Å². The number of halogens is 2. The van der Waals surface area contributed by atoms with Gasteiger partial charge in [0, 0.05) is 11.1 Å². The summed E-state index contributed by atoms with van der Waals surface area (Å²) in [6, 6.07) is 8.20. The van der Waals surface area contributed by atoms with Crippen LogP contribution in [0.4, 0.5) is 0 Å². The monoisotopic (exact) mass is 250 g/mol. The van der Waals surface area contributed by atoms with Crippen molar-refractivity contribution in [3.63, 3.8) is 0 Å². The first-order valence-electron chi connectivity index (χ1n) is 5.06. The Labute approximate surface area is 103 Å². The average molecular weight is 251 g/mol. The van der Waals surface area contributed by atoms with Crippen molar-refractivity contribution in [3.8, 4) is 11.1 Å². The van der Waals surface area contributed by atoms with Crippen molar-refractivity contribution >= 4 is 23.2 Å². The molecule has 0 unspecified atom stereocenters. The van der Waals surface area contributed by atoms with Crippen LogP contribution in [0.1, 0.15) is 11.1 Å². The lowest BCUT2D eigenvalue weighted by Gasteiger charge is -2.20. The van der Waals surface area contributed by atoms with Crippen molar-refractivity contribution in [2.45, 2.75) is 12.8 Å². The average Bonchev–Trinajstić information content (AvgIpc) is 2.33. The molecule has 0 bridgehead atoms. The number of benzene rings is 1. The molecule has 1 aromatic heterocycles. The van der Waals surface area contributed by atoms with Crippen molar-refractivity contribution in [1.82, 2.24) is 10.2 Å². The lowest BCUT2D eigenvalue weighted by molar-refractivity contribution is 0.902. The SMILES string of the molecule is Clc1nnc(Cl)c2c1CCc1ccccc1-2. The van der Waals surface area contributed by atoms with Crippen molar-refractivity contribution in [3.05, 3.63) is 45.7 Å². The summed E-state index contributed by atoms with van der Waals surface area (Å²) in [5.41, 5.74) is 4.38. The number of nitrogens with zero attached hydrogens (tertiary/aromatic N) is 2. The van der Waals surface area contributed by atoms with Crippen molar-refractivity contribution in [2.75, 3.05) is 0 Å². The molecule has 0 amide bonds. The summed E-state index contributed by atoms with van der Waals surface area (Å²) in [7, 11) is 0. The highest BCUT2D eigenvalue weighted by Crippen LogP contribution is 2.39. The Morgan fingerprint density at radius 1 is 0.938 bits per heavy atom. The van der Waals surface area contributed by atoms with E-state index in [2.05, 4.69) is 22.3 Å². The molecule has 3 rings (SSSR count). The molecule has 1 aromatic carbocycles. The topological polar surface area (TPSA) is 25.8 Å². The van der Waals surface area contributed by atoms with Crippen LogP contribution in [-0.4, -0.2) is 10.2 Å². The molecular formula is C12H8Cl2N2. The highest BCUT2D eigenvalue weighted by Gasteiger charge is 2.22. The molecule has 0 aliphatic heterocycles. The molecule has 0 N–H and O–H groups in total. The van der Waals surface area contributed by atoms with E-state index in [1.54, 1.807) is 0 Å². The van der Waals surface area contributed by atoms with E-state index in [4.69, 9.17) is 23.2 Å². The summed E-state index contributed by atoms with van der Waals surface area (Å²) in [5, 5.41) is 8.63. The van der Waals surface area contributed by atoms with Crippen LogP contribution < -0.4 is 0 Å². The predicted octanol–water partition coefficient (Wildman–Crippen LogP) is 3.55. The van der Waals surface area contributed by atoms with E-state index in [1.807, 2.05) is 12.1 Å². The summed E-state index contributed by atoms with van der Waals surface area (Å²) in [6.07, 6.45) is 1.85. The van der Waals surface area contributed by atoms with Crippen LogP contribution in [-0.2, 0) is 12.8 Å². The number of hydrogen-bond donors (Lipinski definition) is 0. The fourth-order valence-electron chi connectivity index (χ4n) is 2.17. The van der Waals surface area contributed by atoms with Gasteiger partial charge in [0.15, 0.2) is 10.3 Å². The van der Waals surface area contributed by atoms with Gasteiger partial charge in [0.2, 0.25) is 0 Å². The molecule has 2 aromatic rings. The predicted molar refractivity (Wildman–Crippen MR) is 64.9 cm³/mol. The molecule has 0 radical (unpaired) electrons. The fraction of sp³-hybridized carbons (Fsp3) is 0.167. The van der Waals surface area contributed by atoms with E-state index >= 15 is 0 Å². The third kappa shape index (κ3) is 1.41. The van der Waals surface area contributed by atoms with Gasteiger partial charge in [-0.2, -0.15) is 0 Å². The molecule has 0 spiro atoms. The Morgan fingerprint density at radius 3 is 2.56 bits per heavy atom. The lowest BCUT2D eigenvalue weighted by Crippen LogP contribution is -2.07. The van der Waals surface area contributed by atoms with E-state index < -0.39 is 0 Å². The Balaban J connectivity index is 2.35. The number of fused-ring (bicyclic) bond motifs is 3. The van der Waals surface area contributed by atoms with Gasteiger partial charge in [0.05, 0.1) is 0 Å². The lowest BCUT2D eigenvalue weighted by atomic mass is 9.87. The van der Waals surface area contributed by atoms with Gasteiger partial charge in [-0.15, -0.1) is 10.2 Å². The van der Waals surface area contributed by atoms with Gasteiger partial charge in [-0.05, 0) is 24.0 Å². The highest BCUT2D eigenvalue weighted by atomic mass is 35.5. The maximum absolute atomic E-state index is 6.11. The summed E-state index contributed by atoms with van der Waals surface area (Å²) >= 11 is 12.2. The zero-order valence-corrected chi connectivity index (χ0v) is 9.89. The molecular weight excluding hydrogens is 243 g/mol. The summed E-state index contributed by atoms with van der Waals surface area (Å²) in [6.45, 7) is 0. The molecule has 0 atom stereocenters. The van der Waals surface area contributed by atoms with Crippen LogP contribution in [0, 0.1) is 0 Å². The van der Waals surface area contributed by atoms with Crippen molar-refractivity contribution in [1.29, 1.82) is 0 Å². The van der Waals surface area contributed by atoms with Crippen LogP contribution in [0.3, 0.4) is 0 Å². The quantitative estimate of drug-likeness (QED) is 0.715. The van der Waals surface area contributed by atoms with E-state index in [-0.39, 0.29) is 0 Å². The fourth-order valence-corrected chi connectivity index (χ4v) is 2.65. The van der Waals surface area contributed by atoms with Crippen molar-refractivity contribution in [2.24, 2.45) is 0 Å². The smallest absolute Gasteiger partial charge is 0.137 e. The number of hydrogen-bond acceptors (Lipinski definition) is 2. The second-order valence-electron chi connectivity index (χ2n) is 3.79. The largest absolute Gasteiger partial charge is 0.159 e. The van der Waals surface area contributed by atoms with E-state index in [1.165, 1.54) is 5.56 Å². The molecule has 16 heavy (non-hydrogen) atoms. The first-order valence-corrected chi connectivity index (χ1v) is 5.82. The molecule has 0 fully saturated rings. The summed E-state index contributed by atoms with van der Waals surface area (Å²) in [4.78, 5) is 0. The maximum atomic E-state index is 6.11. The van der Waals surface area contributed by atoms with E-state index in [0.717, 1.165) is 29.5 Å². The minimum Gasteiger partial charge on any atom is -0.137 e. The van der Waals surface area contributed by atoms with E-state index in [0.29, 0.717) is 10.3 Å². The van der Waals surface area contributed by atoms with Crippen molar-refractivity contribution < 1.29 is 0 Å². The van der Waals surface area contributed by atoms with Gasteiger partial charge in [-0.1, -0.05) is 47.5 Å². The summed E-state index contributed by atoms with van der Waals surface area (Å²) in [5.74, 6) is 0. The standard InChI is InChI=1S/C12H8Cl2N2/c13-11-9-6-5-7-3-1-2-4-8(7)10(9)12(14)16-15-11/h1-4H,5-6H2. The zero-order valence-electron chi connectivity index (χ0n) is 8.37. The second-order valence-corrected chi connectivity index (χ2v) is 4.51. The normalized spacial score (nSPS) is 13.1. The maximum Gasteiger partial charge on any atom is 0.159 e. The number of aromatic nitrogens is 2. The van der Waals surface area contributed by atoms with E-state index in [9.17, 15) is 0 Å². The van der Waals surface area contributed by atoms with Gasteiger partial charge in [-0.25, -0.2) is 0 Å². The molecule has 1 aliphatic carbocycles. The Bertz CT molecular complexity index is 567. The molecule has 80 valence electrons. The number of aryl methyl sites for hydroxylation is 1. The second kappa shape index (κ2) is 3.72. The minimum atomic E-state index is 0.437. The summed E-state index contributed by atoms with van der Waals surface area (Å²) < 4.78 is 0. The first kappa shape index (κ1) is 10.1. The Hall–Kier alpha value is -1.12. The van der Waals surface area contributed by atoms with Gasteiger partial charge < -0.3 is 0 Å². The molecule has 1 aliphatic rings. The van der Waals surface area contributed by atoms with Crippen LogP contribution in [0.2, 0.25) is 10.3 Å². The van der Waals surface area contributed by atoms with Gasteiger partial charge in [0.1, 0.15) is 0 Å². The Kier molecular flexibility index (Phi) is 2.34. The Morgan fingerprint density at radius 2 is 1.69 bits per heavy atom. The molecule has 0 saturated carbocycles. The third-order valence-electron chi connectivity index (χ3n) is 2.91. The molecule has 1 heterocycles. The zero-order chi connectivity index (χ0) is 11.1. The van der Waals surface area contributed by atoms with Crippen LogP contribution >= 0.6 is 23.2 Å². The molecule has 2 nitrogen and oxygen atoms in total. The van der Waals surface area contributed by atoms with Gasteiger partial charge >= 0.3 is 0 Å². The third-order valence-corrected chi connectivity index (χ3v) is 3.48.